The maximum atomic E-state index is 4.07. The Morgan fingerprint density at radius 3 is 1.82 bits per heavy atom. The average Bonchev–Trinajstić information content (AvgIpc) is 2.73. The molecule has 1 rings (SSSR count). The summed E-state index contributed by atoms with van der Waals surface area (Å²) in [6.45, 7) is 19.9. The largest absolute Gasteiger partial charge is 0.0990 e. The van der Waals surface area contributed by atoms with Crippen LogP contribution in [0.2, 0.25) is 0 Å². The summed E-state index contributed by atoms with van der Waals surface area (Å²) in [7, 11) is 0. The summed E-state index contributed by atoms with van der Waals surface area (Å²) >= 11 is 0. The van der Waals surface area contributed by atoms with E-state index in [1.165, 1.54) is 0 Å². The van der Waals surface area contributed by atoms with Gasteiger partial charge in [0.1, 0.15) is 0 Å². The number of benzene rings is 1. The molecule has 0 fully saturated rings. The summed E-state index contributed by atoms with van der Waals surface area (Å²) in [5, 5.41) is 0. The number of hydrogen-bond acceptors (Lipinski definition) is 0. The fourth-order valence-corrected chi connectivity index (χ4v) is 2.88. The van der Waals surface area contributed by atoms with Gasteiger partial charge in [-0.05, 0) is 47.3 Å². The van der Waals surface area contributed by atoms with Crippen LogP contribution in [0.15, 0.2) is 146 Å². The zero-order valence-corrected chi connectivity index (χ0v) is 17.1. The van der Waals surface area contributed by atoms with Gasteiger partial charge in [0.25, 0.3) is 0 Å². The van der Waals surface area contributed by atoms with Crippen LogP contribution in [0.5, 0.6) is 0 Å². The molecular formula is C28H30. The molecule has 1 aromatic carbocycles. The zero-order valence-electron chi connectivity index (χ0n) is 17.1. The maximum absolute atomic E-state index is 4.07. The molecule has 0 bridgehead atoms. The van der Waals surface area contributed by atoms with Crippen molar-refractivity contribution in [3.8, 4) is 0 Å². The van der Waals surface area contributed by atoms with E-state index < -0.39 is 0 Å². The Morgan fingerprint density at radius 2 is 1.32 bits per heavy atom. The van der Waals surface area contributed by atoms with Crippen LogP contribution >= 0.6 is 0 Å². The van der Waals surface area contributed by atoms with Gasteiger partial charge in [0.2, 0.25) is 0 Å². The minimum atomic E-state index is 0.990. The Balaban J connectivity index is 4.19. The minimum absolute atomic E-state index is 0.990. The van der Waals surface area contributed by atoms with E-state index in [-0.39, 0.29) is 0 Å². The van der Waals surface area contributed by atoms with E-state index in [1.807, 2.05) is 74.6 Å². The molecular weight excluding hydrogens is 336 g/mol. The topological polar surface area (TPSA) is 0 Å². The highest BCUT2D eigenvalue weighted by atomic mass is 14.2. The van der Waals surface area contributed by atoms with Crippen molar-refractivity contribution in [3.63, 3.8) is 0 Å². The van der Waals surface area contributed by atoms with Crippen LogP contribution in [0.3, 0.4) is 0 Å². The minimum Gasteiger partial charge on any atom is -0.0990 e. The molecule has 0 heteroatoms. The quantitative estimate of drug-likeness (QED) is 0.367. The molecule has 0 nitrogen and oxygen atoms in total. The van der Waals surface area contributed by atoms with Crippen molar-refractivity contribution in [2.24, 2.45) is 0 Å². The van der Waals surface area contributed by atoms with Gasteiger partial charge in [-0.25, -0.2) is 0 Å². The van der Waals surface area contributed by atoms with Gasteiger partial charge in [0.15, 0.2) is 0 Å². The van der Waals surface area contributed by atoms with Crippen LogP contribution in [-0.2, 0) is 0 Å². The lowest BCUT2D eigenvalue weighted by atomic mass is 9.84. The van der Waals surface area contributed by atoms with Crippen molar-refractivity contribution in [3.05, 3.63) is 151 Å². The second-order valence-corrected chi connectivity index (χ2v) is 5.89. The van der Waals surface area contributed by atoms with E-state index in [2.05, 4.69) is 50.6 Å². The molecule has 0 aliphatic heterocycles. The predicted molar refractivity (Wildman–Crippen MR) is 128 cm³/mol. The molecule has 0 aliphatic rings. The first-order chi connectivity index (χ1) is 13.7. The molecule has 28 heavy (non-hydrogen) atoms. The summed E-state index contributed by atoms with van der Waals surface area (Å²) in [6, 6.07) is 10.3. The molecule has 0 aromatic heterocycles. The monoisotopic (exact) mass is 366 g/mol. The molecule has 0 amide bonds. The third-order valence-corrected chi connectivity index (χ3v) is 4.03. The Labute approximate surface area is 171 Å². The molecule has 0 saturated heterocycles. The van der Waals surface area contributed by atoms with Crippen molar-refractivity contribution in [2.75, 3.05) is 0 Å². The third kappa shape index (κ3) is 6.10. The summed E-state index contributed by atoms with van der Waals surface area (Å²) in [4.78, 5) is 0. The van der Waals surface area contributed by atoms with Crippen LogP contribution in [0, 0.1) is 0 Å². The van der Waals surface area contributed by atoms with Gasteiger partial charge >= 0.3 is 0 Å². The molecule has 0 radical (unpaired) electrons. The Hall–Kier alpha value is -3.38. The second kappa shape index (κ2) is 12.9. The molecule has 0 unspecified atom stereocenters. The predicted octanol–water partition coefficient (Wildman–Crippen LogP) is 8.12. The summed E-state index contributed by atoms with van der Waals surface area (Å²) in [5.74, 6) is 0. The number of hydrogen-bond donors (Lipinski definition) is 0. The van der Waals surface area contributed by atoms with Crippen molar-refractivity contribution in [1.82, 2.24) is 0 Å². The lowest BCUT2D eigenvalue weighted by Gasteiger charge is -2.19. The third-order valence-electron chi connectivity index (χ3n) is 4.03. The Morgan fingerprint density at radius 1 is 0.714 bits per heavy atom. The average molecular weight is 367 g/mol. The summed E-state index contributed by atoms with van der Waals surface area (Å²) in [5.41, 5.74) is 6.27. The van der Waals surface area contributed by atoms with Crippen molar-refractivity contribution >= 4 is 5.57 Å². The van der Waals surface area contributed by atoms with Crippen LogP contribution in [-0.4, -0.2) is 0 Å². The van der Waals surface area contributed by atoms with Gasteiger partial charge in [0, 0.05) is 0 Å². The highest BCUT2D eigenvalue weighted by Crippen LogP contribution is 2.36. The zero-order chi connectivity index (χ0) is 20.8. The molecule has 1 aromatic rings. The maximum Gasteiger partial charge on any atom is -0.00270 e. The van der Waals surface area contributed by atoms with Crippen LogP contribution < -0.4 is 0 Å². The van der Waals surface area contributed by atoms with E-state index >= 15 is 0 Å². The Kier molecular flexibility index (Phi) is 10.4. The van der Waals surface area contributed by atoms with E-state index in [1.54, 1.807) is 12.2 Å². The van der Waals surface area contributed by atoms with Crippen LogP contribution in [0.4, 0.5) is 0 Å². The van der Waals surface area contributed by atoms with Gasteiger partial charge in [0.05, 0.1) is 0 Å². The lowest BCUT2D eigenvalue weighted by Crippen LogP contribution is -2.00. The van der Waals surface area contributed by atoms with Gasteiger partial charge in [-0.15, -0.1) is 0 Å². The lowest BCUT2D eigenvalue weighted by molar-refractivity contribution is 1.42. The first-order valence-corrected chi connectivity index (χ1v) is 9.35. The first kappa shape index (κ1) is 22.7. The van der Waals surface area contributed by atoms with Crippen LogP contribution in [0.1, 0.15) is 19.4 Å². The van der Waals surface area contributed by atoms with Crippen molar-refractivity contribution in [2.45, 2.75) is 13.8 Å². The van der Waals surface area contributed by atoms with Gasteiger partial charge in [-0.1, -0.05) is 123 Å². The highest BCUT2D eigenvalue weighted by molar-refractivity contribution is 5.90. The molecule has 0 heterocycles. The fourth-order valence-electron chi connectivity index (χ4n) is 2.88. The fraction of sp³-hybridized carbons (Fsp3) is 0.0714. The van der Waals surface area contributed by atoms with Gasteiger partial charge in [-0.2, -0.15) is 0 Å². The number of allylic oxidation sites excluding steroid dienone is 16. The second-order valence-electron chi connectivity index (χ2n) is 5.89. The van der Waals surface area contributed by atoms with E-state index in [0.29, 0.717) is 0 Å². The standard InChI is InChI=1S/C28H30/c1-7-13-20-24(12-6)28(25(18-9-3)19-10-4)27(23(11-5)17-8-2)26-21-15-14-16-22-26/h7-22H,2-3,5-6H2,1,4H3/b13-7-,19-10-,23-17+,24-20+,25-18+,28-27-. The molecule has 0 spiro atoms. The Bertz CT molecular complexity index is 875. The summed E-state index contributed by atoms with van der Waals surface area (Å²) < 4.78 is 0. The van der Waals surface area contributed by atoms with Crippen molar-refractivity contribution < 1.29 is 0 Å². The first-order valence-electron chi connectivity index (χ1n) is 9.35. The van der Waals surface area contributed by atoms with Gasteiger partial charge in [-0.3, -0.25) is 0 Å². The van der Waals surface area contributed by atoms with Crippen LogP contribution in [0.25, 0.3) is 5.57 Å². The SMILES string of the molecule is C=C/C=C(C=C)/C(=C(C(\C=C)=C\C=C/C)/C(/C=C\C)=C/C=C)c1ccccc1. The molecule has 142 valence electrons. The van der Waals surface area contributed by atoms with E-state index in [9.17, 15) is 0 Å². The highest BCUT2D eigenvalue weighted by Gasteiger charge is 2.16. The molecule has 0 atom stereocenters. The van der Waals surface area contributed by atoms with E-state index in [0.717, 1.165) is 33.4 Å². The summed E-state index contributed by atoms with van der Waals surface area (Å²) in [6.07, 6.45) is 21.5. The molecule has 0 N–H and O–H groups in total. The number of rotatable bonds is 10. The molecule has 0 saturated carbocycles. The molecule has 0 aliphatic carbocycles. The normalized spacial score (nSPS) is 14.1. The van der Waals surface area contributed by atoms with Gasteiger partial charge < -0.3 is 0 Å². The van der Waals surface area contributed by atoms with E-state index in [4.69, 9.17) is 0 Å². The smallest absolute Gasteiger partial charge is 0.00270 e. The van der Waals surface area contributed by atoms with Crippen molar-refractivity contribution in [1.29, 1.82) is 0 Å².